The molecule has 1 saturated heterocycles. The Bertz CT molecular complexity index is 1160. The second kappa shape index (κ2) is 16.1. The molecule has 3 unspecified atom stereocenters. The minimum atomic E-state index is -0.813. The zero-order chi connectivity index (χ0) is 30.7. The molecular formula is C32H48N4O5S. The highest BCUT2D eigenvalue weighted by Crippen LogP contribution is 2.28. The van der Waals surface area contributed by atoms with Crippen LogP contribution in [0.5, 0.6) is 0 Å². The van der Waals surface area contributed by atoms with E-state index < -0.39 is 23.6 Å². The topological polar surface area (TPSA) is 132 Å². The molecule has 4 N–H and O–H groups in total. The van der Waals surface area contributed by atoms with Crippen molar-refractivity contribution in [2.45, 2.75) is 110 Å². The van der Waals surface area contributed by atoms with Gasteiger partial charge in [0.05, 0.1) is 22.2 Å². The Labute approximate surface area is 254 Å². The molecule has 232 valence electrons. The van der Waals surface area contributed by atoms with Crippen LogP contribution in [0.2, 0.25) is 0 Å². The van der Waals surface area contributed by atoms with Crippen molar-refractivity contribution in [1.29, 1.82) is 0 Å². The number of aliphatic hydroxyl groups excluding tert-OH is 2. The maximum atomic E-state index is 13.7. The number of hydrogen-bond acceptors (Lipinski definition) is 7. The van der Waals surface area contributed by atoms with Gasteiger partial charge in [-0.1, -0.05) is 77.1 Å². The first-order valence-electron chi connectivity index (χ1n) is 15.2. The molecule has 10 heteroatoms. The van der Waals surface area contributed by atoms with Gasteiger partial charge in [0.1, 0.15) is 12.1 Å². The van der Waals surface area contributed by atoms with Crippen LogP contribution in [0.4, 0.5) is 0 Å². The van der Waals surface area contributed by atoms with Gasteiger partial charge in [-0.2, -0.15) is 0 Å². The quantitative estimate of drug-likeness (QED) is 0.225. The van der Waals surface area contributed by atoms with E-state index in [0.717, 1.165) is 66.6 Å². The molecule has 3 rings (SSSR count). The van der Waals surface area contributed by atoms with Crippen LogP contribution in [-0.2, 0) is 20.9 Å². The third-order valence-corrected chi connectivity index (χ3v) is 8.75. The maximum absolute atomic E-state index is 13.7. The molecule has 42 heavy (non-hydrogen) atoms. The van der Waals surface area contributed by atoms with Gasteiger partial charge in [-0.15, -0.1) is 11.3 Å². The van der Waals surface area contributed by atoms with E-state index in [0.29, 0.717) is 13.0 Å². The number of nitrogens with one attached hydrogen (secondary N) is 2. The van der Waals surface area contributed by atoms with Gasteiger partial charge in [0.15, 0.2) is 0 Å². The standard InChI is InChI=1S/C32H48N4O5S/c1-22-28(42-21-34-22)24-15-13-23(14-16-24)19-33-30(40)26-18-25(38)20-36(26)31(41)29(32(2,3)4)35-27(39)12-10-8-6-5-7-9-11-17-37/h13-16,21,25-26,29,37-38H,5-12,17-20H2,1-4H3,(H,33,40)(H,35,39). The van der Waals surface area contributed by atoms with E-state index in [9.17, 15) is 19.5 Å². The summed E-state index contributed by atoms with van der Waals surface area (Å²) in [5.74, 6) is -0.845. The van der Waals surface area contributed by atoms with Crippen LogP contribution in [0, 0.1) is 12.3 Å². The molecular weight excluding hydrogens is 552 g/mol. The third-order valence-electron chi connectivity index (χ3n) is 7.77. The van der Waals surface area contributed by atoms with E-state index in [2.05, 4.69) is 15.6 Å². The zero-order valence-corrected chi connectivity index (χ0v) is 26.3. The average molecular weight is 601 g/mol. The van der Waals surface area contributed by atoms with Crippen molar-refractivity contribution < 1.29 is 24.6 Å². The van der Waals surface area contributed by atoms with Crippen LogP contribution < -0.4 is 10.6 Å². The summed E-state index contributed by atoms with van der Waals surface area (Å²) in [5, 5.41) is 25.1. The van der Waals surface area contributed by atoms with Crippen molar-refractivity contribution in [1.82, 2.24) is 20.5 Å². The van der Waals surface area contributed by atoms with Gasteiger partial charge >= 0.3 is 0 Å². The second-order valence-electron chi connectivity index (χ2n) is 12.4. The van der Waals surface area contributed by atoms with Crippen molar-refractivity contribution in [2.75, 3.05) is 13.2 Å². The van der Waals surface area contributed by atoms with Crippen molar-refractivity contribution >= 4 is 29.1 Å². The highest BCUT2D eigenvalue weighted by Gasteiger charge is 2.44. The monoisotopic (exact) mass is 600 g/mol. The number of rotatable bonds is 15. The molecule has 1 aliphatic heterocycles. The Kier molecular flexibility index (Phi) is 12.9. The smallest absolute Gasteiger partial charge is 0.246 e. The minimum Gasteiger partial charge on any atom is -0.396 e. The number of aliphatic hydroxyl groups is 2. The first-order valence-corrected chi connectivity index (χ1v) is 16.0. The predicted octanol–water partition coefficient (Wildman–Crippen LogP) is 4.34. The van der Waals surface area contributed by atoms with E-state index in [-0.39, 0.29) is 37.3 Å². The van der Waals surface area contributed by atoms with Crippen molar-refractivity contribution in [2.24, 2.45) is 5.41 Å². The first kappa shape index (κ1) is 33.7. The molecule has 0 bridgehead atoms. The molecule has 1 aromatic carbocycles. The highest BCUT2D eigenvalue weighted by molar-refractivity contribution is 7.13. The van der Waals surface area contributed by atoms with Crippen LogP contribution in [0.15, 0.2) is 29.8 Å². The summed E-state index contributed by atoms with van der Waals surface area (Å²) in [6.45, 7) is 8.24. The van der Waals surface area contributed by atoms with E-state index in [1.807, 2.05) is 57.5 Å². The number of thiazole rings is 1. The molecule has 3 amide bonds. The third kappa shape index (κ3) is 9.88. The lowest BCUT2D eigenvalue weighted by Crippen LogP contribution is -2.57. The molecule has 0 radical (unpaired) electrons. The summed E-state index contributed by atoms with van der Waals surface area (Å²) < 4.78 is 0. The number of unbranched alkanes of at least 4 members (excludes halogenated alkanes) is 6. The number of carbonyl (C=O) groups excluding carboxylic acids is 3. The van der Waals surface area contributed by atoms with Crippen LogP contribution >= 0.6 is 11.3 Å². The lowest BCUT2D eigenvalue weighted by molar-refractivity contribution is -0.144. The summed E-state index contributed by atoms with van der Waals surface area (Å²) in [4.78, 5) is 46.6. The molecule has 0 saturated carbocycles. The minimum absolute atomic E-state index is 0.0541. The predicted molar refractivity (Wildman–Crippen MR) is 166 cm³/mol. The summed E-state index contributed by atoms with van der Waals surface area (Å²) >= 11 is 1.59. The van der Waals surface area contributed by atoms with Crippen LogP contribution in [0.3, 0.4) is 0 Å². The van der Waals surface area contributed by atoms with Crippen molar-refractivity contribution in [3.63, 3.8) is 0 Å². The van der Waals surface area contributed by atoms with Gasteiger partial charge < -0.3 is 25.7 Å². The van der Waals surface area contributed by atoms with Crippen LogP contribution in [0.1, 0.15) is 89.8 Å². The van der Waals surface area contributed by atoms with Gasteiger partial charge in [-0.05, 0) is 36.3 Å². The van der Waals surface area contributed by atoms with Gasteiger partial charge in [-0.25, -0.2) is 4.98 Å². The largest absolute Gasteiger partial charge is 0.396 e. The van der Waals surface area contributed by atoms with Crippen LogP contribution in [-0.4, -0.2) is 69.2 Å². The molecule has 0 spiro atoms. The normalized spacial score (nSPS) is 17.7. The summed E-state index contributed by atoms with van der Waals surface area (Å²) in [6, 6.07) is 6.32. The Hall–Kier alpha value is -2.82. The zero-order valence-electron chi connectivity index (χ0n) is 25.5. The highest BCUT2D eigenvalue weighted by atomic mass is 32.1. The fourth-order valence-electron chi connectivity index (χ4n) is 5.29. The number of carbonyl (C=O) groups is 3. The fourth-order valence-corrected chi connectivity index (χ4v) is 6.11. The SMILES string of the molecule is Cc1ncsc1-c1ccc(CNC(=O)C2CC(O)CN2C(=O)C(NC(=O)CCCCCCCCCO)C(C)(C)C)cc1. The van der Waals surface area contributed by atoms with Gasteiger partial charge in [-0.3, -0.25) is 14.4 Å². The summed E-state index contributed by atoms with van der Waals surface area (Å²) in [7, 11) is 0. The number of amides is 3. The van der Waals surface area contributed by atoms with Gasteiger partial charge in [0.2, 0.25) is 17.7 Å². The van der Waals surface area contributed by atoms with Gasteiger partial charge in [0.25, 0.3) is 0 Å². The molecule has 2 aromatic rings. The lowest BCUT2D eigenvalue weighted by atomic mass is 9.85. The number of likely N-dealkylation sites (tertiary alicyclic amines) is 1. The van der Waals surface area contributed by atoms with E-state index in [1.54, 1.807) is 11.3 Å². The van der Waals surface area contributed by atoms with E-state index in [1.165, 1.54) is 4.90 Å². The molecule has 9 nitrogen and oxygen atoms in total. The number of hydrogen-bond donors (Lipinski definition) is 4. The number of nitrogens with zero attached hydrogens (tertiary/aromatic N) is 2. The molecule has 2 heterocycles. The van der Waals surface area contributed by atoms with Gasteiger partial charge in [0, 0.05) is 32.5 Å². The second-order valence-corrected chi connectivity index (χ2v) is 13.2. The first-order chi connectivity index (χ1) is 20.0. The Balaban J connectivity index is 1.54. The molecule has 3 atom stereocenters. The molecule has 0 aliphatic carbocycles. The number of β-amino-alcohol motifs (C(OH)–C–C–N with tert-alkyl or cyclic N) is 1. The number of benzene rings is 1. The van der Waals surface area contributed by atoms with E-state index >= 15 is 0 Å². The van der Waals surface area contributed by atoms with Crippen molar-refractivity contribution in [3.05, 3.63) is 41.0 Å². The molecule has 1 fully saturated rings. The Morgan fingerprint density at radius 3 is 2.29 bits per heavy atom. The number of aryl methyl sites for hydroxylation is 1. The number of aromatic nitrogens is 1. The van der Waals surface area contributed by atoms with E-state index in [4.69, 9.17) is 5.11 Å². The lowest BCUT2D eigenvalue weighted by Gasteiger charge is -2.35. The van der Waals surface area contributed by atoms with Crippen molar-refractivity contribution in [3.8, 4) is 10.4 Å². The Morgan fingerprint density at radius 1 is 1.05 bits per heavy atom. The maximum Gasteiger partial charge on any atom is 0.246 e. The van der Waals surface area contributed by atoms with Crippen LogP contribution in [0.25, 0.3) is 10.4 Å². The molecule has 1 aromatic heterocycles. The summed E-state index contributed by atoms with van der Waals surface area (Å²) in [6.07, 6.45) is 6.45. The average Bonchev–Trinajstić information content (AvgIpc) is 3.56. The Morgan fingerprint density at radius 2 is 1.69 bits per heavy atom. The molecule has 1 aliphatic rings. The fraction of sp³-hybridized carbons (Fsp3) is 0.625. The summed E-state index contributed by atoms with van der Waals surface area (Å²) in [5.41, 5.74) is 4.23.